The lowest BCUT2D eigenvalue weighted by atomic mass is 9.78. The lowest BCUT2D eigenvalue weighted by Crippen LogP contribution is -2.48. The zero-order chi connectivity index (χ0) is 13.2. The van der Waals surface area contributed by atoms with E-state index in [-0.39, 0.29) is 0 Å². The molecule has 0 spiro atoms. The highest BCUT2D eigenvalue weighted by molar-refractivity contribution is 8.00. The van der Waals surface area contributed by atoms with Crippen LogP contribution in [0.4, 0.5) is 0 Å². The summed E-state index contributed by atoms with van der Waals surface area (Å²) in [6.07, 6.45) is 6.58. The van der Waals surface area contributed by atoms with Crippen LogP contribution in [0.3, 0.4) is 0 Å². The summed E-state index contributed by atoms with van der Waals surface area (Å²) in [4.78, 5) is 1.46. The highest BCUT2D eigenvalue weighted by Crippen LogP contribution is 2.42. The van der Waals surface area contributed by atoms with Crippen LogP contribution in [0.1, 0.15) is 38.2 Å². The number of nitrogens with one attached hydrogen (secondary N) is 1. The van der Waals surface area contributed by atoms with E-state index in [9.17, 15) is 0 Å². The first-order chi connectivity index (χ1) is 9.28. The van der Waals surface area contributed by atoms with E-state index < -0.39 is 0 Å². The number of fused-ring (bicyclic) bond motifs is 1. The third-order valence-electron chi connectivity index (χ3n) is 4.83. The fourth-order valence-electron chi connectivity index (χ4n) is 3.60. The summed E-state index contributed by atoms with van der Waals surface area (Å²) in [6, 6.07) is 9.26. The van der Waals surface area contributed by atoms with Gasteiger partial charge in [0.25, 0.3) is 0 Å². The maximum absolute atomic E-state index is 5.89. The number of hydrazine groups is 1. The summed E-state index contributed by atoms with van der Waals surface area (Å²) in [7, 11) is 0. The Balaban J connectivity index is 1.68. The van der Waals surface area contributed by atoms with Crippen molar-refractivity contribution in [2.45, 2.75) is 55.2 Å². The van der Waals surface area contributed by atoms with Gasteiger partial charge in [0.05, 0.1) is 0 Å². The first kappa shape index (κ1) is 13.5. The molecule has 0 amide bonds. The van der Waals surface area contributed by atoms with Crippen LogP contribution in [0, 0.1) is 11.8 Å². The van der Waals surface area contributed by atoms with Crippen LogP contribution in [-0.2, 0) is 6.42 Å². The van der Waals surface area contributed by atoms with Crippen molar-refractivity contribution < 1.29 is 0 Å². The van der Waals surface area contributed by atoms with Crippen LogP contribution in [0.25, 0.3) is 0 Å². The van der Waals surface area contributed by atoms with E-state index in [2.05, 4.69) is 36.6 Å². The molecule has 104 valence electrons. The van der Waals surface area contributed by atoms with Gasteiger partial charge in [0.15, 0.2) is 0 Å². The molecule has 0 radical (unpaired) electrons. The second-order valence-corrected chi connectivity index (χ2v) is 7.46. The van der Waals surface area contributed by atoms with Gasteiger partial charge in [-0.3, -0.25) is 11.3 Å². The van der Waals surface area contributed by atoms with Gasteiger partial charge in [-0.2, -0.15) is 0 Å². The summed E-state index contributed by atoms with van der Waals surface area (Å²) < 4.78 is 0. The van der Waals surface area contributed by atoms with Crippen LogP contribution in [0.15, 0.2) is 29.2 Å². The van der Waals surface area contributed by atoms with Crippen molar-refractivity contribution in [2.24, 2.45) is 17.7 Å². The first-order valence-corrected chi connectivity index (χ1v) is 8.36. The second kappa shape index (κ2) is 5.86. The van der Waals surface area contributed by atoms with Crippen LogP contribution in [-0.4, -0.2) is 11.3 Å². The fraction of sp³-hybridized carbons (Fsp3) is 0.625. The highest BCUT2D eigenvalue weighted by atomic mass is 32.2. The monoisotopic (exact) mass is 276 g/mol. The Morgan fingerprint density at radius 1 is 1.21 bits per heavy atom. The second-order valence-electron chi connectivity index (χ2n) is 6.18. The zero-order valence-electron chi connectivity index (χ0n) is 11.6. The van der Waals surface area contributed by atoms with Gasteiger partial charge in [-0.25, -0.2) is 0 Å². The fourth-order valence-corrected chi connectivity index (χ4v) is 5.10. The average Bonchev–Trinajstić information content (AvgIpc) is 2.85. The largest absolute Gasteiger partial charge is 0.271 e. The van der Waals surface area contributed by atoms with Crippen LogP contribution >= 0.6 is 11.8 Å². The minimum Gasteiger partial charge on any atom is -0.271 e. The number of hydrogen-bond donors (Lipinski definition) is 2. The molecular formula is C16H24N2S. The topological polar surface area (TPSA) is 38.0 Å². The van der Waals surface area contributed by atoms with Crippen molar-refractivity contribution in [1.29, 1.82) is 0 Å². The number of thioether (sulfide) groups is 1. The summed E-state index contributed by atoms with van der Waals surface area (Å²) in [5, 5.41) is 0.612. The number of nitrogens with two attached hydrogens (primary N) is 1. The molecule has 1 aliphatic heterocycles. The van der Waals surface area contributed by atoms with Crippen molar-refractivity contribution in [3.8, 4) is 0 Å². The molecule has 3 heteroatoms. The Morgan fingerprint density at radius 2 is 1.95 bits per heavy atom. The normalized spacial score (nSPS) is 32.0. The Morgan fingerprint density at radius 3 is 2.63 bits per heavy atom. The number of rotatable bonds is 3. The van der Waals surface area contributed by atoms with Gasteiger partial charge in [0.2, 0.25) is 0 Å². The standard InChI is InChI=1S/C16H24N2S/c1-11-6-8-12(9-7-11)16(18-17)15-10-13-4-2-3-5-14(13)19-15/h2-5,11-12,15-16,18H,6-10,17H2,1H3. The molecule has 0 saturated heterocycles. The van der Waals surface area contributed by atoms with Crippen LogP contribution in [0.2, 0.25) is 0 Å². The van der Waals surface area contributed by atoms with E-state index >= 15 is 0 Å². The van der Waals surface area contributed by atoms with Crippen molar-refractivity contribution in [2.75, 3.05) is 0 Å². The molecule has 3 rings (SSSR count). The van der Waals surface area contributed by atoms with Gasteiger partial charge >= 0.3 is 0 Å². The molecule has 0 aromatic heterocycles. The van der Waals surface area contributed by atoms with E-state index in [0.29, 0.717) is 11.3 Å². The molecule has 19 heavy (non-hydrogen) atoms. The molecule has 1 aromatic rings. The zero-order valence-corrected chi connectivity index (χ0v) is 12.5. The van der Waals surface area contributed by atoms with Crippen molar-refractivity contribution in [3.05, 3.63) is 29.8 Å². The van der Waals surface area contributed by atoms with Gasteiger partial charge in [-0.05, 0) is 42.7 Å². The lowest BCUT2D eigenvalue weighted by molar-refractivity contribution is 0.227. The molecule has 0 bridgehead atoms. The van der Waals surface area contributed by atoms with E-state index in [1.165, 1.54) is 42.6 Å². The molecule has 1 saturated carbocycles. The van der Waals surface area contributed by atoms with Crippen molar-refractivity contribution >= 4 is 11.8 Å². The minimum atomic E-state index is 0.463. The molecule has 2 atom stereocenters. The molecule has 2 nitrogen and oxygen atoms in total. The van der Waals surface area contributed by atoms with Gasteiger partial charge in [-0.15, -0.1) is 11.8 Å². The highest BCUT2D eigenvalue weighted by Gasteiger charge is 2.35. The van der Waals surface area contributed by atoms with E-state index in [1.807, 2.05) is 11.8 Å². The van der Waals surface area contributed by atoms with E-state index in [1.54, 1.807) is 0 Å². The Kier molecular flexibility index (Phi) is 4.15. The van der Waals surface area contributed by atoms with Gasteiger partial charge in [0, 0.05) is 16.2 Å². The maximum Gasteiger partial charge on any atom is 0.0364 e. The molecule has 1 fully saturated rings. The van der Waals surface area contributed by atoms with Gasteiger partial charge in [0.1, 0.15) is 0 Å². The summed E-state index contributed by atoms with van der Waals surface area (Å²) >= 11 is 2.02. The third kappa shape index (κ3) is 2.83. The van der Waals surface area contributed by atoms with E-state index in [4.69, 9.17) is 5.84 Å². The van der Waals surface area contributed by atoms with E-state index in [0.717, 1.165) is 11.8 Å². The molecule has 2 unspecified atom stereocenters. The molecule has 1 heterocycles. The molecule has 3 N–H and O–H groups in total. The van der Waals surface area contributed by atoms with Crippen LogP contribution in [0.5, 0.6) is 0 Å². The van der Waals surface area contributed by atoms with Gasteiger partial charge < -0.3 is 0 Å². The molecular weight excluding hydrogens is 252 g/mol. The smallest absolute Gasteiger partial charge is 0.0364 e. The SMILES string of the molecule is CC1CCC(C(NN)C2Cc3ccccc3S2)CC1. The maximum atomic E-state index is 5.89. The quantitative estimate of drug-likeness (QED) is 0.657. The first-order valence-electron chi connectivity index (χ1n) is 7.48. The Labute approximate surface area is 120 Å². The van der Waals surface area contributed by atoms with Crippen molar-refractivity contribution in [3.63, 3.8) is 0 Å². The number of hydrogen-bond acceptors (Lipinski definition) is 3. The van der Waals surface area contributed by atoms with Gasteiger partial charge in [-0.1, -0.05) is 38.0 Å². The summed E-state index contributed by atoms with van der Waals surface area (Å²) in [5.41, 5.74) is 4.64. The average molecular weight is 276 g/mol. The molecule has 1 aromatic carbocycles. The molecule has 2 aliphatic rings. The lowest BCUT2D eigenvalue weighted by Gasteiger charge is -2.35. The summed E-state index contributed by atoms with van der Waals surface area (Å²) in [5.74, 6) is 7.55. The van der Waals surface area contributed by atoms with Crippen molar-refractivity contribution in [1.82, 2.24) is 5.43 Å². The van der Waals surface area contributed by atoms with Crippen LogP contribution < -0.4 is 11.3 Å². The predicted octanol–water partition coefficient (Wildman–Crippen LogP) is 3.36. The summed E-state index contributed by atoms with van der Waals surface area (Å²) in [6.45, 7) is 2.38. The molecule has 1 aliphatic carbocycles. The third-order valence-corrected chi connectivity index (χ3v) is 6.25. The Bertz CT molecular complexity index is 402. The Hall–Kier alpha value is -0.510. The predicted molar refractivity (Wildman–Crippen MR) is 82.0 cm³/mol. The number of benzene rings is 1. The minimum absolute atomic E-state index is 0.463.